The van der Waals surface area contributed by atoms with Gasteiger partial charge in [-0.1, -0.05) is 30.2 Å². The first kappa shape index (κ1) is 13.4. The molecule has 1 aromatic rings. The molecule has 0 aromatic heterocycles. The zero-order chi connectivity index (χ0) is 13.0. The zero-order valence-corrected chi connectivity index (χ0v) is 11.2. The second kappa shape index (κ2) is 6.21. The van der Waals surface area contributed by atoms with Crippen LogP contribution in [0.25, 0.3) is 0 Å². The van der Waals surface area contributed by atoms with Crippen molar-refractivity contribution in [3.05, 3.63) is 34.9 Å². The van der Waals surface area contributed by atoms with Crippen LogP contribution >= 0.6 is 11.6 Å². The fourth-order valence-corrected chi connectivity index (χ4v) is 2.62. The topological polar surface area (TPSA) is 38.3 Å². The molecule has 0 unspecified atom stereocenters. The van der Waals surface area contributed by atoms with Crippen LogP contribution < -0.4 is 5.32 Å². The van der Waals surface area contributed by atoms with Gasteiger partial charge in [-0.3, -0.25) is 4.79 Å². The highest BCUT2D eigenvalue weighted by Gasteiger charge is 2.31. The summed E-state index contributed by atoms with van der Waals surface area (Å²) in [6, 6.07) is 7.60. The number of esters is 1. The maximum atomic E-state index is 12.0. The van der Waals surface area contributed by atoms with Gasteiger partial charge in [-0.2, -0.15) is 0 Å². The number of benzene rings is 1. The van der Waals surface area contributed by atoms with Crippen LogP contribution in [0, 0.1) is 0 Å². The van der Waals surface area contributed by atoms with Crippen LogP contribution in [0.5, 0.6) is 0 Å². The number of rotatable bonds is 3. The van der Waals surface area contributed by atoms with Gasteiger partial charge in [0.1, 0.15) is 0 Å². The van der Waals surface area contributed by atoms with Gasteiger partial charge < -0.3 is 10.1 Å². The molecular formula is C14H18ClNO2. The van der Waals surface area contributed by atoms with E-state index in [4.69, 9.17) is 16.3 Å². The normalized spacial score (nSPS) is 21.3. The Labute approximate surface area is 112 Å². The first-order chi connectivity index (χ1) is 8.72. The molecule has 1 N–H and O–H groups in total. The van der Waals surface area contributed by atoms with Gasteiger partial charge in [0.2, 0.25) is 0 Å². The third-order valence-corrected chi connectivity index (χ3v) is 3.69. The summed E-state index contributed by atoms with van der Waals surface area (Å²) in [6.07, 6.45) is 3.33. The lowest BCUT2D eigenvalue weighted by molar-refractivity contribution is -0.143. The summed E-state index contributed by atoms with van der Waals surface area (Å²) in [6.45, 7) is 0.964. The van der Waals surface area contributed by atoms with E-state index in [0.29, 0.717) is 5.02 Å². The van der Waals surface area contributed by atoms with E-state index in [2.05, 4.69) is 5.32 Å². The lowest BCUT2D eigenvalue weighted by Gasteiger charge is -2.30. The smallest absolute Gasteiger partial charge is 0.314 e. The predicted molar refractivity (Wildman–Crippen MR) is 71.9 cm³/mol. The van der Waals surface area contributed by atoms with Gasteiger partial charge in [-0.25, -0.2) is 0 Å². The molecule has 2 atom stereocenters. The fourth-order valence-electron chi connectivity index (χ4n) is 2.49. The minimum atomic E-state index is -0.243. The third kappa shape index (κ3) is 3.03. The Morgan fingerprint density at radius 1 is 1.39 bits per heavy atom. The molecule has 0 spiro atoms. The van der Waals surface area contributed by atoms with Crippen molar-refractivity contribution in [2.45, 2.75) is 31.2 Å². The van der Waals surface area contributed by atoms with Crippen molar-refractivity contribution in [1.29, 1.82) is 0 Å². The van der Waals surface area contributed by atoms with Crippen LogP contribution in [0.1, 0.15) is 30.7 Å². The highest BCUT2D eigenvalue weighted by molar-refractivity contribution is 6.30. The van der Waals surface area contributed by atoms with Crippen LogP contribution in [-0.4, -0.2) is 25.7 Å². The Morgan fingerprint density at radius 3 is 2.67 bits per heavy atom. The fraction of sp³-hybridized carbons (Fsp3) is 0.500. The van der Waals surface area contributed by atoms with E-state index in [9.17, 15) is 4.79 Å². The summed E-state index contributed by atoms with van der Waals surface area (Å²) in [5, 5.41) is 4.09. The predicted octanol–water partition coefficient (Wildman–Crippen LogP) is 2.74. The van der Waals surface area contributed by atoms with Crippen LogP contribution in [0.2, 0.25) is 5.02 Å². The standard InChI is InChI=1S/C14H18ClNO2/c1-18-14(17)13(12-4-2-3-9-16-12)10-5-7-11(15)8-6-10/h5-8,12-13,16H,2-4,9H2,1H3/t12-,13-/m0/s1. The quantitative estimate of drug-likeness (QED) is 0.856. The van der Waals surface area contributed by atoms with E-state index in [1.54, 1.807) is 0 Å². The SMILES string of the molecule is COC(=O)[C@@H](c1ccc(Cl)cc1)[C@@H]1CCCCN1. The number of nitrogens with one attached hydrogen (secondary N) is 1. The minimum absolute atomic E-state index is 0.160. The summed E-state index contributed by atoms with van der Waals surface area (Å²) in [7, 11) is 1.44. The van der Waals surface area contributed by atoms with Gasteiger partial charge in [0, 0.05) is 11.1 Å². The lowest BCUT2D eigenvalue weighted by Crippen LogP contribution is -2.42. The lowest BCUT2D eigenvalue weighted by atomic mass is 9.86. The van der Waals surface area contributed by atoms with Crippen molar-refractivity contribution in [1.82, 2.24) is 5.32 Å². The van der Waals surface area contributed by atoms with Gasteiger partial charge in [-0.15, -0.1) is 0 Å². The molecule has 0 aliphatic carbocycles. The van der Waals surface area contributed by atoms with E-state index in [0.717, 1.165) is 24.9 Å². The molecule has 0 bridgehead atoms. The minimum Gasteiger partial charge on any atom is -0.469 e. The average molecular weight is 268 g/mol. The van der Waals surface area contributed by atoms with Gasteiger partial charge >= 0.3 is 5.97 Å². The molecule has 1 aliphatic heterocycles. The Hall–Kier alpha value is -1.06. The second-order valence-corrected chi connectivity index (χ2v) is 5.05. The number of hydrogen-bond acceptors (Lipinski definition) is 3. The van der Waals surface area contributed by atoms with Crippen molar-refractivity contribution in [2.75, 3.05) is 13.7 Å². The number of carbonyl (C=O) groups excluding carboxylic acids is 1. The summed E-state index contributed by atoms with van der Waals surface area (Å²) >= 11 is 5.88. The van der Waals surface area contributed by atoms with Gasteiger partial charge in [0.25, 0.3) is 0 Å². The summed E-state index contributed by atoms with van der Waals surface area (Å²) < 4.78 is 4.94. The molecule has 0 saturated carbocycles. The molecule has 1 aliphatic rings. The average Bonchev–Trinajstić information content (AvgIpc) is 2.42. The number of methoxy groups -OCH3 is 1. The highest BCUT2D eigenvalue weighted by Crippen LogP contribution is 2.27. The van der Waals surface area contributed by atoms with Crippen molar-refractivity contribution >= 4 is 17.6 Å². The largest absolute Gasteiger partial charge is 0.469 e. The van der Waals surface area contributed by atoms with Gasteiger partial charge in [0.15, 0.2) is 0 Å². The Morgan fingerprint density at radius 2 is 2.11 bits per heavy atom. The van der Waals surface area contributed by atoms with E-state index >= 15 is 0 Å². The first-order valence-corrected chi connectivity index (χ1v) is 6.67. The molecule has 4 heteroatoms. The molecule has 18 heavy (non-hydrogen) atoms. The molecule has 1 fully saturated rings. The second-order valence-electron chi connectivity index (χ2n) is 4.61. The van der Waals surface area contributed by atoms with E-state index in [-0.39, 0.29) is 17.9 Å². The Bertz CT molecular complexity index is 399. The van der Waals surface area contributed by atoms with E-state index in [1.807, 2.05) is 24.3 Å². The molecule has 98 valence electrons. The van der Waals surface area contributed by atoms with Crippen molar-refractivity contribution < 1.29 is 9.53 Å². The van der Waals surface area contributed by atoms with E-state index < -0.39 is 0 Å². The molecular weight excluding hydrogens is 250 g/mol. The monoisotopic (exact) mass is 267 g/mol. The van der Waals surface area contributed by atoms with Crippen LogP contribution in [-0.2, 0) is 9.53 Å². The molecule has 0 amide bonds. The van der Waals surface area contributed by atoms with Gasteiger partial charge in [0.05, 0.1) is 13.0 Å². The van der Waals surface area contributed by atoms with Crippen LogP contribution in [0.15, 0.2) is 24.3 Å². The van der Waals surface area contributed by atoms with Gasteiger partial charge in [-0.05, 0) is 37.1 Å². The summed E-state index contributed by atoms with van der Waals surface area (Å²) in [4.78, 5) is 12.0. The number of piperidine rings is 1. The Kier molecular flexibility index (Phi) is 4.61. The molecule has 1 saturated heterocycles. The van der Waals surface area contributed by atoms with Crippen molar-refractivity contribution in [3.63, 3.8) is 0 Å². The molecule has 1 heterocycles. The maximum Gasteiger partial charge on any atom is 0.314 e. The number of hydrogen-bond donors (Lipinski definition) is 1. The summed E-state index contributed by atoms with van der Waals surface area (Å²) in [5.41, 5.74) is 0.964. The molecule has 0 radical (unpaired) electrons. The maximum absolute atomic E-state index is 12.0. The Balaban J connectivity index is 2.23. The third-order valence-electron chi connectivity index (χ3n) is 3.44. The summed E-state index contributed by atoms with van der Waals surface area (Å²) in [5.74, 6) is -0.427. The number of halogens is 1. The highest BCUT2D eigenvalue weighted by atomic mass is 35.5. The van der Waals surface area contributed by atoms with Crippen molar-refractivity contribution in [3.8, 4) is 0 Å². The first-order valence-electron chi connectivity index (χ1n) is 6.29. The van der Waals surface area contributed by atoms with Crippen LogP contribution in [0.3, 0.4) is 0 Å². The zero-order valence-electron chi connectivity index (χ0n) is 10.5. The van der Waals surface area contributed by atoms with Crippen LogP contribution in [0.4, 0.5) is 0 Å². The van der Waals surface area contributed by atoms with Crippen molar-refractivity contribution in [2.24, 2.45) is 0 Å². The molecule has 2 rings (SSSR count). The molecule has 1 aromatic carbocycles. The molecule has 3 nitrogen and oxygen atoms in total. The number of carbonyl (C=O) groups is 1. The van der Waals surface area contributed by atoms with E-state index in [1.165, 1.54) is 13.5 Å². The number of ether oxygens (including phenoxy) is 1.